The van der Waals surface area contributed by atoms with Crippen molar-refractivity contribution in [1.82, 2.24) is 15.2 Å². The van der Waals surface area contributed by atoms with E-state index in [1.165, 1.54) is 17.3 Å². The molecule has 1 saturated heterocycles. The second kappa shape index (κ2) is 7.69. The van der Waals surface area contributed by atoms with Gasteiger partial charge in [-0.25, -0.2) is 9.78 Å². The van der Waals surface area contributed by atoms with Crippen LogP contribution in [0.5, 0.6) is 5.88 Å². The molecule has 3 rings (SSSR count). The summed E-state index contributed by atoms with van der Waals surface area (Å²) in [5.41, 5.74) is -0.934. The topological polar surface area (TPSA) is 91.8 Å². The Morgan fingerprint density at radius 2 is 1.93 bits per heavy atom. The molecule has 0 bridgehead atoms. The minimum Gasteiger partial charge on any atom is -0.474 e. The summed E-state index contributed by atoms with van der Waals surface area (Å²) in [6.07, 6.45) is -5.54. The van der Waals surface area contributed by atoms with Gasteiger partial charge in [0.15, 0.2) is 0 Å². The zero-order valence-electron chi connectivity index (χ0n) is 15.9. The number of halogens is 3. The quantitative estimate of drug-likeness (QED) is 0.767. The number of likely N-dealkylation sites (tertiary alicyclic amines) is 1. The molecular weight excluding hydrogens is 411 g/mol. The summed E-state index contributed by atoms with van der Waals surface area (Å²) >= 11 is 0.799. The minimum atomic E-state index is -4.64. The van der Waals surface area contributed by atoms with Crippen molar-refractivity contribution in [3.05, 3.63) is 22.6 Å². The number of aromatic nitrogens is 1. The molecule has 0 unspecified atom stereocenters. The normalized spacial score (nSPS) is 22.6. The first-order valence-electron chi connectivity index (χ1n) is 8.92. The highest BCUT2D eigenvalue weighted by Crippen LogP contribution is 2.40. The Morgan fingerprint density at radius 1 is 1.31 bits per heavy atom. The Morgan fingerprint density at radius 3 is 2.45 bits per heavy atom. The molecule has 0 radical (unpaired) electrons. The second-order valence-corrected chi connectivity index (χ2v) is 7.89. The Hall–Kier alpha value is -2.56. The lowest BCUT2D eigenvalue weighted by molar-refractivity contribution is -0.136. The Kier molecular flexibility index (Phi) is 5.61. The number of amides is 2. The number of hydrogen-bond acceptors (Lipinski definition) is 5. The zero-order valence-corrected chi connectivity index (χ0v) is 16.7. The number of thiophene rings is 1. The highest BCUT2D eigenvalue weighted by atomic mass is 32.1. The zero-order chi connectivity index (χ0) is 21.5. The van der Waals surface area contributed by atoms with Gasteiger partial charge in [0.2, 0.25) is 5.88 Å². The number of carbonyl (C=O) groups excluding carboxylic acids is 1. The summed E-state index contributed by atoms with van der Waals surface area (Å²) in [5, 5.41) is 13.0. The molecule has 2 amide bonds. The number of rotatable bonds is 3. The van der Waals surface area contributed by atoms with Crippen LogP contribution in [0.2, 0.25) is 0 Å². The van der Waals surface area contributed by atoms with Crippen molar-refractivity contribution in [1.29, 1.82) is 0 Å². The van der Waals surface area contributed by atoms with Gasteiger partial charge < -0.3 is 20.1 Å². The third-order valence-electron chi connectivity index (χ3n) is 4.94. The van der Waals surface area contributed by atoms with E-state index in [1.807, 2.05) is 0 Å². The van der Waals surface area contributed by atoms with Gasteiger partial charge >= 0.3 is 12.3 Å². The predicted molar refractivity (Wildman–Crippen MR) is 100 cm³/mol. The third kappa shape index (κ3) is 4.09. The fourth-order valence-corrected chi connectivity index (χ4v) is 4.74. The number of carbonyl (C=O) groups is 2. The fraction of sp³-hybridized carbons (Fsp3) is 0.500. The van der Waals surface area contributed by atoms with Crippen LogP contribution in [0, 0.1) is 0 Å². The molecule has 1 aliphatic heterocycles. The first kappa shape index (κ1) is 21.2. The predicted octanol–water partition coefficient (Wildman–Crippen LogP) is 3.97. The summed E-state index contributed by atoms with van der Waals surface area (Å²) in [4.78, 5) is 28.8. The van der Waals surface area contributed by atoms with Crippen molar-refractivity contribution < 1.29 is 32.6 Å². The van der Waals surface area contributed by atoms with Gasteiger partial charge in [-0.05, 0) is 13.8 Å². The van der Waals surface area contributed by atoms with Gasteiger partial charge in [-0.2, -0.15) is 13.2 Å². The largest absolute Gasteiger partial charge is 0.474 e. The molecule has 0 spiro atoms. The molecule has 0 aliphatic carbocycles. The minimum absolute atomic E-state index is 0.0471. The molecule has 2 aromatic heterocycles. The number of pyridine rings is 1. The molecule has 1 aliphatic rings. The van der Waals surface area contributed by atoms with E-state index in [2.05, 4.69) is 10.3 Å². The van der Waals surface area contributed by atoms with E-state index in [4.69, 9.17) is 4.74 Å². The summed E-state index contributed by atoms with van der Waals surface area (Å²) in [7, 11) is 1.38. The van der Waals surface area contributed by atoms with Gasteiger partial charge in [-0.15, -0.1) is 11.3 Å². The maximum absolute atomic E-state index is 13.6. The highest BCUT2D eigenvalue weighted by Gasteiger charge is 2.38. The van der Waals surface area contributed by atoms with E-state index < -0.39 is 29.8 Å². The number of nitrogens with one attached hydrogen (secondary N) is 1. The van der Waals surface area contributed by atoms with E-state index in [-0.39, 0.29) is 33.7 Å². The monoisotopic (exact) mass is 431 g/mol. The van der Waals surface area contributed by atoms with Gasteiger partial charge in [0.1, 0.15) is 6.10 Å². The van der Waals surface area contributed by atoms with E-state index in [9.17, 15) is 27.9 Å². The van der Waals surface area contributed by atoms with Gasteiger partial charge in [0, 0.05) is 43.4 Å². The van der Waals surface area contributed by atoms with Crippen LogP contribution in [0.3, 0.4) is 0 Å². The van der Waals surface area contributed by atoms with Crippen LogP contribution in [-0.2, 0) is 6.18 Å². The molecule has 2 N–H and O–H groups in total. The number of nitrogens with zero attached hydrogens (tertiary/aromatic N) is 2. The molecule has 1 fully saturated rings. The summed E-state index contributed by atoms with van der Waals surface area (Å²) in [6, 6.07) is 0.134. The average Bonchev–Trinajstić information content (AvgIpc) is 3.02. The number of piperidine rings is 1. The lowest BCUT2D eigenvalue weighted by Gasteiger charge is -2.40. The van der Waals surface area contributed by atoms with Crippen LogP contribution in [0.1, 0.15) is 42.6 Å². The van der Waals surface area contributed by atoms with E-state index in [1.54, 1.807) is 13.8 Å². The molecule has 158 valence electrons. The van der Waals surface area contributed by atoms with Crippen molar-refractivity contribution in [3.8, 4) is 5.88 Å². The fourth-order valence-electron chi connectivity index (χ4n) is 3.71. The van der Waals surface area contributed by atoms with Crippen LogP contribution < -0.4 is 10.1 Å². The number of fused-ring (bicyclic) bond motifs is 1. The Labute approximate surface area is 168 Å². The van der Waals surface area contributed by atoms with E-state index in [0.717, 1.165) is 17.4 Å². The molecule has 2 aromatic rings. The van der Waals surface area contributed by atoms with Gasteiger partial charge in [-0.3, -0.25) is 4.79 Å². The van der Waals surface area contributed by atoms with E-state index in [0.29, 0.717) is 12.8 Å². The van der Waals surface area contributed by atoms with Crippen LogP contribution in [0.15, 0.2) is 11.4 Å². The van der Waals surface area contributed by atoms with Crippen molar-refractivity contribution in [2.24, 2.45) is 0 Å². The van der Waals surface area contributed by atoms with Gasteiger partial charge in [-0.1, -0.05) is 0 Å². The molecule has 11 heteroatoms. The highest BCUT2D eigenvalue weighted by molar-refractivity contribution is 7.17. The van der Waals surface area contributed by atoms with Crippen molar-refractivity contribution >= 4 is 33.6 Å². The Balaban J connectivity index is 1.97. The summed E-state index contributed by atoms with van der Waals surface area (Å²) < 4.78 is 46.4. The molecule has 3 heterocycles. The number of ether oxygens (including phenoxy) is 1. The first-order chi connectivity index (χ1) is 13.5. The summed E-state index contributed by atoms with van der Waals surface area (Å²) in [6.45, 7) is 3.45. The molecule has 0 saturated carbocycles. The molecule has 3 atom stereocenters. The lowest BCUT2D eigenvalue weighted by atomic mass is 9.95. The van der Waals surface area contributed by atoms with Gasteiger partial charge in [0.05, 0.1) is 21.3 Å². The molecule has 0 aromatic carbocycles. The van der Waals surface area contributed by atoms with Gasteiger partial charge in [0.25, 0.3) is 5.91 Å². The molecule has 7 nitrogen and oxygen atoms in total. The average molecular weight is 431 g/mol. The van der Waals surface area contributed by atoms with Crippen molar-refractivity contribution in [3.63, 3.8) is 0 Å². The first-order valence-corrected chi connectivity index (χ1v) is 9.80. The van der Waals surface area contributed by atoms with Crippen LogP contribution in [0.4, 0.5) is 18.0 Å². The van der Waals surface area contributed by atoms with E-state index >= 15 is 0 Å². The smallest absolute Gasteiger partial charge is 0.418 e. The van der Waals surface area contributed by atoms with Crippen LogP contribution in [-0.4, -0.2) is 52.2 Å². The maximum atomic E-state index is 13.6. The van der Waals surface area contributed by atoms with Crippen LogP contribution >= 0.6 is 11.3 Å². The SMILES string of the molecule is CNC(=O)c1csc2c(C(F)(F)F)cc(O[C@H]3C[C@@H](C)N(C(=O)O)[C@@H](C)C3)nc12. The number of carboxylic acid groups (broad SMARTS) is 1. The number of alkyl halides is 3. The standard InChI is InChI=1S/C18H20F3N3O4S/c1-8-4-10(5-9(2)24(8)17(26)27)28-13-6-12(18(19,20)21)15-14(23-13)11(7-29-15)16(25)22-3/h6-10H,4-5H2,1-3H3,(H,22,25)(H,26,27)/t8-,9+,10+. The molecule has 29 heavy (non-hydrogen) atoms. The third-order valence-corrected chi connectivity index (χ3v) is 5.94. The molecular formula is C18H20F3N3O4S. The van der Waals surface area contributed by atoms with Crippen molar-refractivity contribution in [2.45, 2.75) is 51.1 Å². The maximum Gasteiger partial charge on any atom is 0.418 e. The lowest BCUT2D eigenvalue weighted by Crippen LogP contribution is -2.51. The summed E-state index contributed by atoms with van der Waals surface area (Å²) in [5.74, 6) is -0.771. The number of hydrogen-bond donors (Lipinski definition) is 2. The second-order valence-electron chi connectivity index (χ2n) is 7.01. The van der Waals surface area contributed by atoms with Crippen LogP contribution in [0.25, 0.3) is 10.2 Å². The van der Waals surface area contributed by atoms with Crippen molar-refractivity contribution in [2.75, 3.05) is 7.05 Å². The Bertz CT molecular complexity index is 934.